The molecule has 1 atom stereocenters. The number of hydrogen-bond acceptors (Lipinski definition) is 3. The lowest BCUT2D eigenvalue weighted by Gasteiger charge is -2.04. The van der Waals surface area contributed by atoms with Gasteiger partial charge in [0, 0.05) is 9.75 Å². The van der Waals surface area contributed by atoms with Crippen LogP contribution in [0.5, 0.6) is 0 Å². The summed E-state index contributed by atoms with van der Waals surface area (Å²) in [6.07, 6.45) is 0.0928. The first-order chi connectivity index (χ1) is 6.63. The number of amides is 1. The van der Waals surface area contributed by atoms with Crippen molar-refractivity contribution in [1.82, 2.24) is 5.32 Å². The van der Waals surface area contributed by atoms with Gasteiger partial charge in [0.15, 0.2) is 0 Å². The van der Waals surface area contributed by atoms with Gasteiger partial charge in [-0.3, -0.25) is 4.79 Å². The summed E-state index contributed by atoms with van der Waals surface area (Å²) in [6.45, 7) is 4.07. The van der Waals surface area contributed by atoms with Gasteiger partial charge in [0.25, 0.3) is 0 Å². The molecule has 0 fully saturated rings. The predicted molar refractivity (Wildman–Crippen MR) is 57.2 cm³/mol. The van der Waals surface area contributed by atoms with Gasteiger partial charge in [0.05, 0.1) is 6.54 Å². The van der Waals surface area contributed by atoms with E-state index in [0.717, 1.165) is 11.3 Å². The number of aryl methyl sites for hydroxylation is 1. The van der Waals surface area contributed by atoms with E-state index < -0.39 is 6.10 Å². The molecule has 3 nitrogen and oxygen atoms in total. The molecule has 1 aromatic rings. The quantitative estimate of drug-likeness (QED) is 0.792. The van der Waals surface area contributed by atoms with Gasteiger partial charge in [-0.2, -0.15) is 0 Å². The lowest BCUT2D eigenvalue weighted by atomic mass is 10.3. The van der Waals surface area contributed by atoms with Crippen LogP contribution in [-0.2, 0) is 17.8 Å². The van der Waals surface area contributed by atoms with Gasteiger partial charge in [-0.1, -0.05) is 6.92 Å². The second kappa shape index (κ2) is 5.12. The number of thiophene rings is 1. The average molecular weight is 213 g/mol. The third-order valence-corrected chi connectivity index (χ3v) is 3.11. The molecule has 1 amide bonds. The van der Waals surface area contributed by atoms with Crippen LogP contribution >= 0.6 is 11.3 Å². The molecule has 0 aromatic carbocycles. The highest BCUT2D eigenvalue weighted by molar-refractivity contribution is 7.11. The van der Waals surface area contributed by atoms with Crippen molar-refractivity contribution >= 4 is 17.2 Å². The average Bonchev–Trinajstić information content (AvgIpc) is 2.61. The molecule has 0 aliphatic heterocycles. The lowest BCUT2D eigenvalue weighted by Crippen LogP contribution is -2.31. The van der Waals surface area contributed by atoms with E-state index in [4.69, 9.17) is 5.11 Å². The molecular weight excluding hydrogens is 198 g/mol. The molecule has 0 saturated heterocycles. The van der Waals surface area contributed by atoms with Crippen LogP contribution in [-0.4, -0.2) is 17.1 Å². The molecule has 0 saturated carbocycles. The number of carbonyl (C=O) groups is 1. The van der Waals surface area contributed by atoms with E-state index in [2.05, 4.69) is 18.3 Å². The highest BCUT2D eigenvalue weighted by Gasteiger charge is 2.08. The van der Waals surface area contributed by atoms with Crippen molar-refractivity contribution in [1.29, 1.82) is 0 Å². The number of aliphatic hydroxyl groups is 1. The van der Waals surface area contributed by atoms with Crippen LogP contribution in [0.25, 0.3) is 0 Å². The summed E-state index contributed by atoms with van der Waals surface area (Å²) in [5, 5.41) is 11.6. The third kappa shape index (κ3) is 3.12. The van der Waals surface area contributed by atoms with Gasteiger partial charge in [0.1, 0.15) is 6.10 Å². The van der Waals surface area contributed by atoms with Crippen molar-refractivity contribution in [2.45, 2.75) is 32.9 Å². The van der Waals surface area contributed by atoms with Gasteiger partial charge in [0.2, 0.25) is 5.91 Å². The molecule has 1 heterocycles. The maximum absolute atomic E-state index is 11.0. The summed E-state index contributed by atoms with van der Waals surface area (Å²) in [5.41, 5.74) is 0. The maximum atomic E-state index is 11.0. The summed E-state index contributed by atoms with van der Waals surface area (Å²) in [4.78, 5) is 13.5. The van der Waals surface area contributed by atoms with E-state index in [1.165, 1.54) is 11.8 Å². The van der Waals surface area contributed by atoms with Crippen molar-refractivity contribution < 1.29 is 9.90 Å². The van der Waals surface area contributed by atoms with Crippen LogP contribution in [0.15, 0.2) is 12.1 Å². The van der Waals surface area contributed by atoms with Gasteiger partial charge >= 0.3 is 0 Å². The standard InChI is InChI=1S/C10H15NO2S/c1-3-8-4-5-9(14-8)6-11-10(13)7(2)12/h4-5,7,12H,3,6H2,1-2H3,(H,11,13). The van der Waals surface area contributed by atoms with Crippen molar-refractivity contribution in [3.63, 3.8) is 0 Å². The van der Waals surface area contributed by atoms with Crippen molar-refractivity contribution in [2.24, 2.45) is 0 Å². The van der Waals surface area contributed by atoms with Crippen molar-refractivity contribution in [2.75, 3.05) is 0 Å². The maximum Gasteiger partial charge on any atom is 0.248 e. The predicted octanol–water partition coefficient (Wildman–Crippen LogP) is 1.31. The smallest absolute Gasteiger partial charge is 0.248 e. The lowest BCUT2D eigenvalue weighted by molar-refractivity contribution is -0.128. The first-order valence-corrected chi connectivity index (χ1v) is 5.48. The fourth-order valence-corrected chi connectivity index (χ4v) is 1.93. The first-order valence-electron chi connectivity index (χ1n) is 4.67. The Morgan fingerprint density at radius 3 is 2.71 bits per heavy atom. The van der Waals surface area contributed by atoms with Crippen LogP contribution < -0.4 is 5.32 Å². The minimum Gasteiger partial charge on any atom is -0.384 e. The van der Waals surface area contributed by atoms with Crippen LogP contribution in [0.2, 0.25) is 0 Å². The molecule has 14 heavy (non-hydrogen) atoms. The van der Waals surface area contributed by atoms with Crippen LogP contribution in [0.1, 0.15) is 23.6 Å². The topological polar surface area (TPSA) is 49.3 Å². The number of nitrogens with one attached hydrogen (secondary N) is 1. The van der Waals surface area contributed by atoms with Gasteiger partial charge in [-0.15, -0.1) is 11.3 Å². The fraction of sp³-hybridized carbons (Fsp3) is 0.500. The molecule has 0 aliphatic rings. The van der Waals surface area contributed by atoms with E-state index in [1.54, 1.807) is 11.3 Å². The largest absolute Gasteiger partial charge is 0.384 e. The summed E-state index contributed by atoms with van der Waals surface area (Å²) in [6, 6.07) is 4.07. The van der Waals surface area contributed by atoms with Gasteiger partial charge in [-0.05, 0) is 25.5 Å². The zero-order chi connectivity index (χ0) is 10.6. The molecule has 0 radical (unpaired) electrons. The van der Waals surface area contributed by atoms with Crippen LogP contribution in [0.4, 0.5) is 0 Å². The number of aliphatic hydroxyl groups excluding tert-OH is 1. The summed E-state index contributed by atoms with van der Waals surface area (Å²) >= 11 is 1.69. The van der Waals surface area contributed by atoms with Gasteiger partial charge in [-0.25, -0.2) is 0 Å². The molecular formula is C10H15NO2S. The molecule has 0 aliphatic carbocycles. The second-order valence-electron chi connectivity index (χ2n) is 3.12. The van der Waals surface area contributed by atoms with Gasteiger partial charge < -0.3 is 10.4 Å². The molecule has 0 spiro atoms. The summed E-state index contributed by atoms with van der Waals surface area (Å²) in [7, 11) is 0. The SMILES string of the molecule is CCc1ccc(CNC(=O)C(C)O)s1. The zero-order valence-electron chi connectivity index (χ0n) is 8.41. The Morgan fingerprint density at radius 2 is 2.21 bits per heavy atom. The van der Waals surface area contributed by atoms with Crippen molar-refractivity contribution in [3.8, 4) is 0 Å². The first kappa shape index (κ1) is 11.2. The Bertz CT molecular complexity index is 307. The highest BCUT2D eigenvalue weighted by Crippen LogP contribution is 2.16. The minimum absolute atomic E-state index is 0.323. The Labute approximate surface area is 87.8 Å². The normalized spacial score (nSPS) is 12.5. The van der Waals surface area contributed by atoms with E-state index in [9.17, 15) is 4.79 Å². The molecule has 78 valence electrons. The number of rotatable bonds is 4. The fourth-order valence-electron chi connectivity index (χ4n) is 1.03. The third-order valence-electron chi connectivity index (χ3n) is 1.88. The molecule has 1 aromatic heterocycles. The van der Waals surface area contributed by atoms with E-state index in [0.29, 0.717) is 6.54 Å². The minimum atomic E-state index is -0.930. The summed E-state index contributed by atoms with van der Waals surface area (Å²) < 4.78 is 0. The highest BCUT2D eigenvalue weighted by atomic mass is 32.1. The van der Waals surface area contributed by atoms with E-state index >= 15 is 0 Å². The Balaban J connectivity index is 2.41. The second-order valence-corrected chi connectivity index (χ2v) is 4.37. The van der Waals surface area contributed by atoms with E-state index in [1.807, 2.05) is 6.07 Å². The van der Waals surface area contributed by atoms with Crippen LogP contribution in [0.3, 0.4) is 0 Å². The van der Waals surface area contributed by atoms with Crippen LogP contribution in [0, 0.1) is 0 Å². The Morgan fingerprint density at radius 1 is 1.57 bits per heavy atom. The molecule has 4 heteroatoms. The molecule has 1 rings (SSSR count). The van der Waals surface area contributed by atoms with E-state index in [-0.39, 0.29) is 5.91 Å². The summed E-state index contributed by atoms with van der Waals surface area (Å²) in [5.74, 6) is -0.323. The zero-order valence-corrected chi connectivity index (χ0v) is 9.23. The molecule has 1 unspecified atom stereocenters. The Kier molecular flexibility index (Phi) is 4.10. The molecule has 0 bridgehead atoms. The monoisotopic (exact) mass is 213 g/mol. The molecule has 2 N–H and O–H groups in total. The Hall–Kier alpha value is -0.870. The number of hydrogen-bond donors (Lipinski definition) is 2. The van der Waals surface area contributed by atoms with Crippen molar-refractivity contribution in [3.05, 3.63) is 21.9 Å². The number of carbonyl (C=O) groups excluding carboxylic acids is 1.